The zero-order valence-electron chi connectivity index (χ0n) is 51.9. The molecule has 10 fully saturated rings. The highest BCUT2D eigenvalue weighted by molar-refractivity contribution is 6.31. The average Bonchev–Trinajstić information content (AvgIpc) is 3.62. The molecule has 0 heterocycles. The maximum absolute atomic E-state index is 13.9. The molecule has 0 aromatic heterocycles. The van der Waals surface area contributed by atoms with Crippen LogP contribution < -0.4 is 0 Å². The van der Waals surface area contributed by atoms with Gasteiger partial charge in [-0.25, -0.2) is 0 Å². The first-order valence-electron chi connectivity index (χ1n) is 36.2. The summed E-state index contributed by atoms with van der Waals surface area (Å²) in [6.45, 7) is 9.21. The molecule has 78 heavy (non-hydrogen) atoms. The summed E-state index contributed by atoms with van der Waals surface area (Å²) in [7, 11) is 0. The van der Waals surface area contributed by atoms with Gasteiger partial charge in [0.05, 0.1) is 21.7 Å². The van der Waals surface area contributed by atoms with Gasteiger partial charge in [0.1, 0.15) is 0 Å². The Morgan fingerprint density at radius 2 is 0.397 bits per heavy atom. The predicted molar refractivity (Wildman–Crippen MR) is 325 cm³/mol. The number of rotatable bonds is 22. The van der Waals surface area contributed by atoms with Crippen LogP contribution in [0.1, 0.15) is 349 Å². The van der Waals surface area contributed by atoms with Crippen molar-refractivity contribution < 1.29 is 19.2 Å². The Hall–Kier alpha value is -1.32. The quantitative estimate of drug-likeness (QED) is 0.0800. The molecule has 4 heteroatoms. The van der Waals surface area contributed by atoms with E-state index < -0.39 is 21.7 Å². The van der Waals surface area contributed by atoms with Crippen LogP contribution in [0.2, 0.25) is 0 Å². The molecule has 0 saturated heterocycles. The van der Waals surface area contributed by atoms with Gasteiger partial charge >= 0.3 is 0 Å². The molecule has 0 aromatic carbocycles. The van der Waals surface area contributed by atoms with Crippen molar-refractivity contribution in [3.63, 3.8) is 0 Å². The maximum atomic E-state index is 13.9. The summed E-state index contributed by atoms with van der Waals surface area (Å²) in [6, 6.07) is 0. The summed E-state index contributed by atoms with van der Waals surface area (Å²) in [5.41, 5.74) is -2.18. The number of unbranched alkanes of at least 4 members (excludes halogenated alkanes) is 10. The summed E-state index contributed by atoms with van der Waals surface area (Å²) >= 11 is 0. The SMILES string of the molecule is CCCCCC[C@H]1CC[C@H](C2CCC3(CC2)C(=O)C2(CCC([C@H]4CC[C@H](CCCCCC)CC4)CC2)C3=O)CC1.CCCCC[C@H]1CC[C@H](C2CCC3(CC2)C(=O)C2(CCC([C@H]4CC[C@H](CCCCC)CC4)CC2)C3=O)CC1. The lowest BCUT2D eigenvalue weighted by molar-refractivity contribution is -0.180. The lowest BCUT2D eigenvalue weighted by atomic mass is 9.41. The van der Waals surface area contributed by atoms with Crippen molar-refractivity contribution in [1.29, 1.82) is 0 Å². The fourth-order valence-electron chi connectivity index (χ4n) is 21.2. The Bertz CT molecular complexity index is 1660. The second kappa shape index (κ2) is 29.0. The second-order valence-corrected chi connectivity index (χ2v) is 30.8. The molecule has 0 unspecified atom stereocenters. The number of Topliss-reactive ketones (excluding diaryl/α,β-unsaturated/α-hetero) is 4. The van der Waals surface area contributed by atoms with Crippen LogP contribution in [0.25, 0.3) is 0 Å². The fraction of sp³-hybridized carbons (Fsp3) is 0.946. The average molecular weight is 1080 g/mol. The van der Waals surface area contributed by atoms with E-state index in [-0.39, 0.29) is 0 Å². The molecular weight excluding hydrogens is 953 g/mol. The minimum absolute atomic E-state index is 0.408. The van der Waals surface area contributed by atoms with E-state index in [1.165, 1.54) is 218 Å². The van der Waals surface area contributed by atoms with Gasteiger partial charge in [-0.15, -0.1) is 0 Å². The van der Waals surface area contributed by atoms with Crippen molar-refractivity contribution in [2.75, 3.05) is 0 Å². The van der Waals surface area contributed by atoms with Crippen molar-refractivity contribution >= 4 is 23.1 Å². The highest BCUT2D eigenvalue weighted by Crippen LogP contribution is 2.65. The van der Waals surface area contributed by atoms with Gasteiger partial charge < -0.3 is 0 Å². The van der Waals surface area contributed by atoms with E-state index in [0.29, 0.717) is 23.1 Å². The molecule has 10 aliphatic carbocycles. The van der Waals surface area contributed by atoms with Gasteiger partial charge in [0.15, 0.2) is 23.1 Å². The lowest BCUT2D eigenvalue weighted by Crippen LogP contribution is -2.68. The minimum atomic E-state index is -0.546. The van der Waals surface area contributed by atoms with Crippen LogP contribution in [-0.4, -0.2) is 23.1 Å². The van der Waals surface area contributed by atoms with E-state index in [1.54, 1.807) is 0 Å². The Balaban J connectivity index is 0.000000190. The molecule has 0 atom stereocenters. The molecular formula is C74H124O4. The highest BCUT2D eigenvalue weighted by Gasteiger charge is 2.72. The summed E-state index contributed by atoms with van der Waals surface area (Å²) in [5.74, 6) is 12.1. The Morgan fingerprint density at radius 3 is 0.590 bits per heavy atom. The van der Waals surface area contributed by atoms with Crippen LogP contribution in [0, 0.1) is 92.7 Å². The van der Waals surface area contributed by atoms with Crippen molar-refractivity contribution in [2.24, 2.45) is 92.7 Å². The largest absolute Gasteiger partial charge is 0.297 e. The van der Waals surface area contributed by atoms with E-state index >= 15 is 0 Å². The molecule has 10 aliphatic rings. The first-order chi connectivity index (χ1) is 38.0. The summed E-state index contributed by atoms with van der Waals surface area (Å²) in [6.07, 6.45) is 64.2. The number of hydrogen-bond acceptors (Lipinski definition) is 4. The second-order valence-electron chi connectivity index (χ2n) is 30.8. The fourth-order valence-corrected chi connectivity index (χ4v) is 21.2. The van der Waals surface area contributed by atoms with Gasteiger partial charge in [-0.3, -0.25) is 19.2 Å². The third-order valence-corrected chi connectivity index (χ3v) is 26.6. The third-order valence-electron chi connectivity index (χ3n) is 26.6. The van der Waals surface area contributed by atoms with Crippen LogP contribution >= 0.6 is 0 Å². The Labute approximate surface area is 481 Å². The number of carbonyl (C=O) groups is 4. The van der Waals surface area contributed by atoms with E-state index in [1.807, 2.05) is 0 Å². The number of hydrogen-bond donors (Lipinski definition) is 0. The molecule has 444 valence electrons. The van der Waals surface area contributed by atoms with Crippen molar-refractivity contribution in [3.8, 4) is 0 Å². The van der Waals surface area contributed by atoms with Gasteiger partial charge in [-0.05, 0) is 225 Å². The van der Waals surface area contributed by atoms with Gasteiger partial charge in [0.25, 0.3) is 0 Å². The van der Waals surface area contributed by atoms with Gasteiger partial charge in [0, 0.05) is 0 Å². The molecule has 0 aromatic rings. The lowest BCUT2D eigenvalue weighted by Gasteiger charge is -2.58. The van der Waals surface area contributed by atoms with Crippen molar-refractivity contribution in [3.05, 3.63) is 0 Å². The van der Waals surface area contributed by atoms with Crippen LogP contribution in [0.3, 0.4) is 0 Å². The molecule has 4 spiro atoms. The maximum Gasteiger partial charge on any atom is 0.159 e. The van der Waals surface area contributed by atoms with Gasteiger partial charge in [-0.1, -0.05) is 195 Å². The zero-order chi connectivity index (χ0) is 54.6. The van der Waals surface area contributed by atoms with E-state index in [4.69, 9.17) is 0 Å². The molecule has 0 N–H and O–H groups in total. The molecule has 0 bridgehead atoms. The molecule has 10 rings (SSSR count). The van der Waals surface area contributed by atoms with Crippen LogP contribution in [0.5, 0.6) is 0 Å². The highest BCUT2D eigenvalue weighted by atomic mass is 16.2. The number of ketones is 4. The first kappa shape index (κ1) is 61.2. The molecule has 0 radical (unpaired) electrons. The van der Waals surface area contributed by atoms with E-state index in [0.717, 1.165) is 174 Å². The number of carbonyl (C=O) groups excluding carboxylic acids is 4. The molecule has 0 amide bonds. The van der Waals surface area contributed by atoms with Gasteiger partial charge in [-0.2, -0.15) is 0 Å². The Kier molecular flexibility index (Phi) is 22.8. The smallest absolute Gasteiger partial charge is 0.159 e. The molecule has 0 aliphatic heterocycles. The molecule has 10 saturated carbocycles. The third kappa shape index (κ3) is 13.6. The van der Waals surface area contributed by atoms with Crippen molar-refractivity contribution in [1.82, 2.24) is 0 Å². The van der Waals surface area contributed by atoms with E-state index in [9.17, 15) is 19.2 Å². The van der Waals surface area contributed by atoms with Crippen LogP contribution in [0.15, 0.2) is 0 Å². The topological polar surface area (TPSA) is 68.3 Å². The van der Waals surface area contributed by atoms with E-state index in [2.05, 4.69) is 27.7 Å². The standard InChI is InChI=1S/C38H64O2.C36H60O2/c1-3-5-7-9-11-29-13-17-31(18-14-29)33-21-25-37(26-22-33)35(39)38(36(37)40)27-23-34(24-28-38)32-19-15-30(16-20-32)12-10-8-6-4-2;1-3-5-7-9-27-11-15-29(16-12-27)31-19-23-35(24-20-31)33(37)36(34(35)38)25-21-32(22-26-36)30-17-13-28(14-18-30)10-8-6-4-2/h29-34H,3-28H2,1-2H3;27-32H,3-26H2,1-2H3/t29-,30-,31-,32-,33?,34?,37?,38?;27-,28-,29-,30-,31?,32?,35?,36?. The summed E-state index contributed by atoms with van der Waals surface area (Å²) in [5, 5.41) is 0. The molecule has 4 nitrogen and oxygen atoms in total. The monoisotopic (exact) mass is 1080 g/mol. The predicted octanol–water partition coefficient (Wildman–Crippen LogP) is 21.3. The van der Waals surface area contributed by atoms with Crippen LogP contribution in [0.4, 0.5) is 0 Å². The van der Waals surface area contributed by atoms with Crippen molar-refractivity contribution in [2.45, 2.75) is 349 Å². The van der Waals surface area contributed by atoms with Crippen LogP contribution in [-0.2, 0) is 19.2 Å². The minimum Gasteiger partial charge on any atom is -0.297 e. The Morgan fingerprint density at radius 1 is 0.231 bits per heavy atom. The first-order valence-corrected chi connectivity index (χ1v) is 36.2. The van der Waals surface area contributed by atoms with Gasteiger partial charge in [0.2, 0.25) is 0 Å². The normalized spacial score (nSPS) is 41.2. The summed E-state index contributed by atoms with van der Waals surface area (Å²) < 4.78 is 0. The summed E-state index contributed by atoms with van der Waals surface area (Å²) in [4.78, 5) is 55.3. The zero-order valence-corrected chi connectivity index (χ0v) is 51.9.